The molecule has 152 valence electrons. The van der Waals surface area contributed by atoms with Crippen molar-refractivity contribution in [3.05, 3.63) is 0 Å². The molecule has 1 N–H and O–H groups in total. The van der Waals surface area contributed by atoms with Gasteiger partial charge in [0.25, 0.3) is 0 Å². The smallest absolute Gasteiger partial charge is 0.748 e. The van der Waals surface area contributed by atoms with Gasteiger partial charge in [-0.15, -0.1) is 0 Å². The van der Waals surface area contributed by atoms with Crippen LogP contribution in [0, 0.1) is 0 Å². The summed E-state index contributed by atoms with van der Waals surface area (Å²) in [6, 6.07) is 0. The summed E-state index contributed by atoms with van der Waals surface area (Å²) >= 11 is 0. The van der Waals surface area contributed by atoms with Crippen LogP contribution in [0.3, 0.4) is 0 Å². The van der Waals surface area contributed by atoms with E-state index in [1.165, 1.54) is 32.1 Å². The van der Waals surface area contributed by atoms with Gasteiger partial charge in [0, 0.05) is 5.25 Å². The number of hydrogen-bond donors (Lipinski definition) is 1. The Kier molecular flexibility index (Phi) is 22.6. The first kappa shape index (κ1) is 29.7. The van der Waals surface area contributed by atoms with Gasteiger partial charge in [-0.1, -0.05) is 90.9 Å². The van der Waals surface area contributed by atoms with Crippen LogP contribution in [0.4, 0.5) is 0 Å². The minimum Gasteiger partial charge on any atom is -0.748 e. The largest absolute Gasteiger partial charge is 1.00 e. The topological polar surface area (TPSA) is 77.4 Å². The van der Waals surface area contributed by atoms with Crippen molar-refractivity contribution in [3.8, 4) is 0 Å². The van der Waals surface area contributed by atoms with Crippen molar-refractivity contribution in [3.63, 3.8) is 0 Å². The summed E-state index contributed by atoms with van der Waals surface area (Å²) in [5.41, 5.74) is 0. The zero-order chi connectivity index (χ0) is 19.0. The third-order valence-electron chi connectivity index (χ3n) is 5.07. The maximum Gasteiger partial charge on any atom is 1.00 e. The summed E-state index contributed by atoms with van der Waals surface area (Å²) in [6.07, 6.45) is 16.5. The normalized spacial score (nSPS) is 14.0. The Hall–Kier alpha value is 1.51. The first-order chi connectivity index (χ1) is 11.9. The summed E-state index contributed by atoms with van der Waals surface area (Å²) in [4.78, 5) is 0. The maximum absolute atomic E-state index is 11.0. The monoisotopic (exact) mass is 416 g/mol. The molecule has 0 fully saturated rings. The van der Waals surface area contributed by atoms with Crippen LogP contribution in [-0.2, 0) is 10.1 Å². The zero-order valence-electron chi connectivity index (χ0n) is 17.5. The second kappa shape index (κ2) is 19.8. The van der Waals surface area contributed by atoms with Crippen LogP contribution >= 0.6 is 0 Å². The van der Waals surface area contributed by atoms with E-state index in [0.29, 0.717) is 12.8 Å². The van der Waals surface area contributed by atoms with E-state index in [2.05, 4.69) is 6.92 Å². The molecule has 0 aromatic rings. The van der Waals surface area contributed by atoms with Gasteiger partial charge >= 0.3 is 51.4 Å². The molecule has 0 aliphatic rings. The Morgan fingerprint density at radius 3 is 1.50 bits per heavy atom. The van der Waals surface area contributed by atoms with E-state index >= 15 is 0 Å². The number of aliphatic hydroxyl groups is 1. The van der Waals surface area contributed by atoms with Gasteiger partial charge in [-0.05, 0) is 25.7 Å². The van der Waals surface area contributed by atoms with Crippen molar-refractivity contribution in [1.82, 2.24) is 0 Å². The Balaban J connectivity index is 0. The van der Waals surface area contributed by atoms with Crippen LogP contribution in [-0.4, -0.2) is 29.4 Å². The molecule has 0 bridgehead atoms. The molecule has 26 heavy (non-hydrogen) atoms. The molecule has 0 radical (unpaired) electrons. The number of unbranched alkanes of at least 4 members (excludes halogenated alkanes) is 10. The van der Waals surface area contributed by atoms with Crippen molar-refractivity contribution in [2.45, 2.75) is 128 Å². The Morgan fingerprint density at radius 2 is 1.12 bits per heavy atom. The molecule has 0 aliphatic carbocycles. The maximum atomic E-state index is 11.0. The van der Waals surface area contributed by atoms with E-state index in [4.69, 9.17) is 0 Å². The molecule has 0 spiro atoms. The Labute approximate surface area is 205 Å². The van der Waals surface area contributed by atoms with Gasteiger partial charge in [-0.3, -0.25) is 0 Å². The minimum absolute atomic E-state index is 0. The van der Waals surface area contributed by atoms with E-state index in [-0.39, 0.29) is 57.5 Å². The number of aliphatic hydroxyl groups excluding tert-OH is 1. The first-order valence-electron chi connectivity index (χ1n) is 10.5. The molecule has 2 atom stereocenters. The molecule has 0 aliphatic heterocycles. The standard InChI is InChI=1S/C20H42O4S.K/c1-3-5-6-7-10-13-16-19(21)17-14-11-8-9-12-15-18-20(4-2)25(22,23)24;/h19-21H,3-18H2,1-2H3,(H,22,23,24);/q;+1/p-1. The summed E-state index contributed by atoms with van der Waals surface area (Å²) < 4.78 is 33.0. The van der Waals surface area contributed by atoms with E-state index in [1.807, 2.05) is 0 Å². The molecule has 4 nitrogen and oxygen atoms in total. The molecule has 2 unspecified atom stereocenters. The summed E-state index contributed by atoms with van der Waals surface area (Å²) in [5, 5.41) is 9.27. The molecule has 0 rings (SSSR count). The fourth-order valence-corrected chi connectivity index (χ4v) is 4.18. The fourth-order valence-electron chi connectivity index (χ4n) is 3.32. The van der Waals surface area contributed by atoms with E-state index in [9.17, 15) is 18.1 Å². The molecule has 6 heteroatoms. The van der Waals surface area contributed by atoms with Gasteiger partial charge < -0.3 is 9.66 Å². The molecule has 0 heterocycles. The van der Waals surface area contributed by atoms with E-state index in [1.54, 1.807) is 6.92 Å². The third kappa shape index (κ3) is 18.9. The zero-order valence-corrected chi connectivity index (χ0v) is 21.5. The second-order valence-corrected chi connectivity index (χ2v) is 9.08. The number of hydrogen-bond acceptors (Lipinski definition) is 4. The van der Waals surface area contributed by atoms with Gasteiger partial charge in [-0.25, -0.2) is 8.42 Å². The van der Waals surface area contributed by atoms with Crippen molar-refractivity contribution >= 4 is 10.1 Å². The average molecular weight is 417 g/mol. The second-order valence-electron chi connectivity index (χ2n) is 7.43. The molecule has 0 saturated carbocycles. The van der Waals surface area contributed by atoms with Crippen molar-refractivity contribution in [2.24, 2.45) is 0 Å². The van der Waals surface area contributed by atoms with Gasteiger partial charge in [0.2, 0.25) is 0 Å². The van der Waals surface area contributed by atoms with Crippen molar-refractivity contribution < 1.29 is 69.5 Å². The number of rotatable bonds is 18. The van der Waals surface area contributed by atoms with Gasteiger partial charge in [0.1, 0.15) is 0 Å². The third-order valence-corrected chi connectivity index (χ3v) is 6.45. The predicted molar refractivity (Wildman–Crippen MR) is 105 cm³/mol. The molecular weight excluding hydrogens is 375 g/mol. The fraction of sp³-hybridized carbons (Fsp3) is 1.00. The van der Waals surface area contributed by atoms with E-state index < -0.39 is 15.4 Å². The van der Waals surface area contributed by atoms with Gasteiger partial charge in [0.15, 0.2) is 0 Å². The van der Waals surface area contributed by atoms with Crippen LogP contribution in [0.25, 0.3) is 0 Å². The average Bonchev–Trinajstić information content (AvgIpc) is 2.55. The predicted octanol–water partition coefficient (Wildman–Crippen LogP) is 2.55. The molecular formula is C20H41KO4S. The van der Waals surface area contributed by atoms with Gasteiger partial charge in [0.05, 0.1) is 16.2 Å². The molecule has 0 saturated heterocycles. The summed E-state index contributed by atoms with van der Waals surface area (Å²) in [5.74, 6) is 0. The van der Waals surface area contributed by atoms with E-state index in [0.717, 1.165) is 57.8 Å². The van der Waals surface area contributed by atoms with Crippen molar-refractivity contribution in [1.29, 1.82) is 0 Å². The molecule has 0 amide bonds. The quantitative estimate of drug-likeness (QED) is 0.212. The van der Waals surface area contributed by atoms with Crippen LogP contribution in [0.5, 0.6) is 0 Å². The van der Waals surface area contributed by atoms with Crippen molar-refractivity contribution in [2.75, 3.05) is 0 Å². The molecule has 0 aromatic heterocycles. The summed E-state index contributed by atoms with van der Waals surface area (Å²) in [7, 11) is -4.12. The Bertz CT molecular complexity index is 387. The van der Waals surface area contributed by atoms with Crippen LogP contribution in [0.1, 0.15) is 117 Å². The SMILES string of the molecule is CCCCCCCCC(O)CCCCCCCCC(CC)S(=O)(=O)[O-].[K+]. The Morgan fingerprint density at radius 1 is 0.731 bits per heavy atom. The minimum atomic E-state index is -4.12. The molecule has 0 aromatic carbocycles. The summed E-state index contributed by atoms with van der Waals surface area (Å²) in [6.45, 7) is 3.99. The van der Waals surface area contributed by atoms with Crippen LogP contribution < -0.4 is 51.4 Å². The van der Waals surface area contributed by atoms with Crippen LogP contribution in [0.15, 0.2) is 0 Å². The van der Waals surface area contributed by atoms with Crippen LogP contribution in [0.2, 0.25) is 0 Å². The van der Waals surface area contributed by atoms with Gasteiger partial charge in [-0.2, -0.15) is 0 Å². The first-order valence-corrected chi connectivity index (χ1v) is 12.0.